The molecule has 1 rings (SSSR count). The van der Waals surface area contributed by atoms with Crippen molar-refractivity contribution in [3.05, 3.63) is 0 Å². The van der Waals surface area contributed by atoms with Crippen molar-refractivity contribution in [3.8, 4) is 0 Å². The van der Waals surface area contributed by atoms with Crippen molar-refractivity contribution < 1.29 is 5.11 Å². The maximum atomic E-state index is 9.41. The van der Waals surface area contributed by atoms with Gasteiger partial charge in [0.25, 0.3) is 0 Å². The third kappa shape index (κ3) is 4.52. The third-order valence-electron chi connectivity index (χ3n) is 4.04. The Bertz CT molecular complexity index is 164. The van der Waals surface area contributed by atoms with Gasteiger partial charge in [-0.25, -0.2) is 0 Å². The largest absolute Gasteiger partial charge is 0.393 e. The van der Waals surface area contributed by atoms with Gasteiger partial charge >= 0.3 is 0 Å². The van der Waals surface area contributed by atoms with Gasteiger partial charge in [0.2, 0.25) is 0 Å². The second-order valence-electron chi connectivity index (χ2n) is 5.26. The van der Waals surface area contributed by atoms with Crippen LogP contribution in [-0.4, -0.2) is 23.8 Å². The Morgan fingerprint density at radius 3 is 2.33 bits per heavy atom. The summed E-state index contributed by atoms with van der Waals surface area (Å²) in [7, 11) is 0. The van der Waals surface area contributed by atoms with E-state index < -0.39 is 0 Å². The van der Waals surface area contributed by atoms with Crippen LogP contribution in [0.4, 0.5) is 0 Å². The van der Waals surface area contributed by atoms with Crippen molar-refractivity contribution in [1.29, 1.82) is 0 Å². The summed E-state index contributed by atoms with van der Waals surface area (Å²) in [5, 5.41) is 13.0. The van der Waals surface area contributed by atoms with E-state index in [0.29, 0.717) is 6.04 Å². The van der Waals surface area contributed by atoms with Crippen molar-refractivity contribution in [1.82, 2.24) is 5.32 Å². The molecule has 2 N–H and O–H groups in total. The van der Waals surface area contributed by atoms with E-state index in [9.17, 15) is 5.11 Å². The van der Waals surface area contributed by atoms with Gasteiger partial charge in [-0.2, -0.15) is 0 Å². The predicted molar refractivity (Wildman–Crippen MR) is 64.9 cm³/mol. The maximum absolute atomic E-state index is 9.41. The molecule has 0 radical (unpaired) electrons. The van der Waals surface area contributed by atoms with Crippen molar-refractivity contribution in [2.75, 3.05) is 6.54 Å². The van der Waals surface area contributed by atoms with E-state index in [1.165, 1.54) is 19.3 Å². The summed E-state index contributed by atoms with van der Waals surface area (Å²) in [4.78, 5) is 0. The molecule has 2 nitrogen and oxygen atoms in total. The normalized spacial score (nSPS) is 31.2. The number of aliphatic hydroxyl groups excluding tert-OH is 1. The van der Waals surface area contributed by atoms with Crippen LogP contribution < -0.4 is 5.32 Å². The van der Waals surface area contributed by atoms with E-state index in [1.54, 1.807) is 0 Å². The van der Waals surface area contributed by atoms with Gasteiger partial charge in [-0.05, 0) is 51.0 Å². The van der Waals surface area contributed by atoms with E-state index in [1.807, 2.05) is 0 Å². The smallest absolute Gasteiger partial charge is 0.0540 e. The van der Waals surface area contributed by atoms with Crippen LogP contribution in [0.2, 0.25) is 0 Å². The Morgan fingerprint density at radius 1 is 1.20 bits per heavy atom. The molecule has 0 aliphatic heterocycles. The van der Waals surface area contributed by atoms with E-state index in [0.717, 1.165) is 31.2 Å². The fourth-order valence-corrected chi connectivity index (χ4v) is 2.26. The van der Waals surface area contributed by atoms with Crippen molar-refractivity contribution in [2.45, 2.75) is 65.0 Å². The fraction of sp³-hybridized carbons (Fsp3) is 1.00. The highest BCUT2D eigenvalue weighted by Crippen LogP contribution is 2.23. The summed E-state index contributed by atoms with van der Waals surface area (Å²) in [5.74, 6) is 1.55. The third-order valence-corrected chi connectivity index (χ3v) is 4.04. The minimum Gasteiger partial charge on any atom is -0.393 e. The molecule has 0 aromatic heterocycles. The van der Waals surface area contributed by atoms with Crippen LogP contribution in [0.3, 0.4) is 0 Å². The molecule has 0 bridgehead atoms. The molecule has 2 atom stereocenters. The summed E-state index contributed by atoms with van der Waals surface area (Å²) in [5.41, 5.74) is 0. The average molecular weight is 213 g/mol. The maximum Gasteiger partial charge on any atom is 0.0540 e. The minimum absolute atomic E-state index is 0.0201. The SMILES string of the molecule is CCC(C)C(C)NCC1CCC(O)CC1. The van der Waals surface area contributed by atoms with Crippen LogP contribution in [-0.2, 0) is 0 Å². The first kappa shape index (κ1) is 13.0. The zero-order valence-corrected chi connectivity index (χ0v) is 10.5. The Morgan fingerprint density at radius 2 is 1.80 bits per heavy atom. The van der Waals surface area contributed by atoms with Crippen LogP contribution >= 0.6 is 0 Å². The van der Waals surface area contributed by atoms with E-state index in [4.69, 9.17) is 0 Å². The van der Waals surface area contributed by atoms with Gasteiger partial charge in [0, 0.05) is 6.04 Å². The molecule has 0 amide bonds. The molecule has 0 spiro atoms. The van der Waals surface area contributed by atoms with Gasteiger partial charge in [-0.15, -0.1) is 0 Å². The second kappa shape index (κ2) is 6.49. The molecule has 0 saturated heterocycles. The van der Waals surface area contributed by atoms with Crippen molar-refractivity contribution >= 4 is 0 Å². The van der Waals surface area contributed by atoms with Gasteiger partial charge in [0.15, 0.2) is 0 Å². The van der Waals surface area contributed by atoms with Crippen LogP contribution in [0, 0.1) is 11.8 Å². The van der Waals surface area contributed by atoms with Crippen molar-refractivity contribution in [3.63, 3.8) is 0 Å². The molecule has 0 heterocycles. The van der Waals surface area contributed by atoms with Crippen LogP contribution in [0.1, 0.15) is 52.9 Å². The molecule has 90 valence electrons. The van der Waals surface area contributed by atoms with Crippen molar-refractivity contribution in [2.24, 2.45) is 11.8 Å². The first-order valence-corrected chi connectivity index (χ1v) is 6.55. The van der Waals surface area contributed by atoms with Gasteiger partial charge in [-0.1, -0.05) is 20.3 Å². The Balaban J connectivity index is 2.14. The lowest BCUT2D eigenvalue weighted by Gasteiger charge is -2.28. The Kier molecular flexibility index (Phi) is 5.62. The van der Waals surface area contributed by atoms with E-state index in [2.05, 4.69) is 26.1 Å². The highest BCUT2D eigenvalue weighted by Gasteiger charge is 2.20. The number of aliphatic hydroxyl groups is 1. The first-order chi connectivity index (χ1) is 7.13. The molecule has 2 heteroatoms. The summed E-state index contributed by atoms with van der Waals surface area (Å²) < 4.78 is 0. The molecular weight excluding hydrogens is 186 g/mol. The minimum atomic E-state index is -0.0201. The van der Waals surface area contributed by atoms with E-state index >= 15 is 0 Å². The number of rotatable bonds is 5. The molecule has 0 aromatic rings. The number of hydrogen-bond donors (Lipinski definition) is 2. The second-order valence-corrected chi connectivity index (χ2v) is 5.26. The summed E-state index contributed by atoms with van der Waals surface area (Å²) >= 11 is 0. The summed E-state index contributed by atoms with van der Waals surface area (Å²) in [6.07, 6.45) is 5.63. The molecule has 1 aliphatic carbocycles. The Labute approximate surface area is 94.5 Å². The van der Waals surface area contributed by atoms with E-state index in [-0.39, 0.29) is 6.10 Å². The van der Waals surface area contributed by atoms with Crippen LogP contribution in [0.5, 0.6) is 0 Å². The zero-order valence-electron chi connectivity index (χ0n) is 10.5. The van der Waals surface area contributed by atoms with Crippen LogP contribution in [0.15, 0.2) is 0 Å². The quantitative estimate of drug-likeness (QED) is 0.735. The molecule has 1 saturated carbocycles. The molecule has 0 aromatic carbocycles. The Hall–Kier alpha value is -0.0800. The monoisotopic (exact) mass is 213 g/mol. The van der Waals surface area contributed by atoms with Gasteiger partial charge in [-0.3, -0.25) is 0 Å². The fourth-order valence-electron chi connectivity index (χ4n) is 2.26. The highest BCUT2D eigenvalue weighted by molar-refractivity contribution is 4.75. The standard InChI is InChI=1S/C13H27NO/c1-4-10(2)11(3)14-9-12-5-7-13(15)8-6-12/h10-15H,4-9H2,1-3H3. The lowest BCUT2D eigenvalue weighted by molar-refractivity contribution is 0.107. The molecule has 2 unspecified atom stereocenters. The molecule has 15 heavy (non-hydrogen) atoms. The number of nitrogens with one attached hydrogen (secondary N) is 1. The molecule has 1 aliphatic rings. The summed E-state index contributed by atoms with van der Waals surface area (Å²) in [6, 6.07) is 0.627. The summed E-state index contributed by atoms with van der Waals surface area (Å²) in [6.45, 7) is 7.98. The lowest BCUT2D eigenvalue weighted by Crippen LogP contribution is -2.37. The number of hydrogen-bond acceptors (Lipinski definition) is 2. The predicted octanol–water partition coefficient (Wildman–Crippen LogP) is 2.56. The first-order valence-electron chi connectivity index (χ1n) is 6.55. The van der Waals surface area contributed by atoms with Gasteiger partial charge in [0.1, 0.15) is 0 Å². The van der Waals surface area contributed by atoms with Gasteiger partial charge in [0.05, 0.1) is 6.10 Å². The highest BCUT2D eigenvalue weighted by atomic mass is 16.3. The van der Waals surface area contributed by atoms with Gasteiger partial charge < -0.3 is 10.4 Å². The topological polar surface area (TPSA) is 32.3 Å². The lowest BCUT2D eigenvalue weighted by atomic mass is 9.87. The average Bonchev–Trinajstić information content (AvgIpc) is 2.26. The van der Waals surface area contributed by atoms with Crippen LogP contribution in [0.25, 0.3) is 0 Å². The molecular formula is C13H27NO. The molecule has 1 fully saturated rings. The zero-order chi connectivity index (χ0) is 11.3.